The Kier molecular flexibility index (Phi) is 4.78. The Morgan fingerprint density at radius 2 is 1.94 bits per heavy atom. The average Bonchev–Trinajstić information content (AvgIpc) is 2.36. The molecule has 1 aromatic rings. The van der Waals surface area contributed by atoms with E-state index in [4.69, 9.17) is 15.2 Å². The lowest BCUT2D eigenvalue weighted by Crippen LogP contribution is -2.52. The van der Waals surface area contributed by atoms with E-state index >= 15 is 0 Å². The molecular formula is C13H22N2O2. The van der Waals surface area contributed by atoms with Crippen LogP contribution in [0.2, 0.25) is 0 Å². The van der Waals surface area contributed by atoms with E-state index in [2.05, 4.69) is 11.8 Å². The average molecular weight is 238 g/mol. The molecule has 0 saturated carbocycles. The third-order valence-corrected chi connectivity index (χ3v) is 3.11. The number of hydrogen-bond donors (Lipinski definition) is 1. The summed E-state index contributed by atoms with van der Waals surface area (Å²) in [5.74, 6) is 1.59. The van der Waals surface area contributed by atoms with E-state index < -0.39 is 0 Å². The van der Waals surface area contributed by atoms with Crippen molar-refractivity contribution >= 4 is 0 Å². The number of nitrogens with zero attached hydrogens (tertiary/aromatic N) is 1. The van der Waals surface area contributed by atoms with Gasteiger partial charge in [-0.3, -0.25) is 4.90 Å². The molecule has 1 unspecified atom stereocenters. The highest BCUT2D eigenvalue weighted by Gasteiger charge is 2.26. The molecule has 2 N–H and O–H groups in total. The molecule has 1 atom stereocenters. The number of nitrogens with two attached hydrogens (primary N) is 1. The Balaban J connectivity index is 2.65. The van der Waals surface area contributed by atoms with Crippen molar-refractivity contribution < 1.29 is 9.47 Å². The molecule has 4 nitrogen and oxygen atoms in total. The van der Waals surface area contributed by atoms with E-state index in [9.17, 15) is 0 Å². The van der Waals surface area contributed by atoms with Gasteiger partial charge in [-0.05, 0) is 33.2 Å². The summed E-state index contributed by atoms with van der Waals surface area (Å²) in [5.41, 5.74) is 5.62. The summed E-state index contributed by atoms with van der Waals surface area (Å²) >= 11 is 0. The third kappa shape index (κ3) is 3.61. The van der Waals surface area contributed by atoms with Gasteiger partial charge in [-0.2, -0.15) is 0 Å². The minimum absolute atomic E-state index is 0.164. The zero-order valence-corrected chi connectivity index (χ0v) is 11.1. The fourth-order valence-electron chi connectivity index (χ4n) is 1.30. The number of rotatable bonds is 6. The Bertz CT molecular complexity index is 355. The van der Waals surface area contributed by atoms with Crippen LogP contribution < -0.4 is 15.2 Å². The Morgan fingerprint density at radius 1 is 1.29 bits per heavy atom. The minimum Gasteiger partial charge on any atom is -0.497 e. The molecule has 1 rings (SSSR count). The molecule has 0 radical (unpaired) electrons. The molecule has 0 fully saturated rings. The molecule has 0 amide bonds. The topological polar surface area (TPSA) is 47.7 Å². The van der Waals surface area contributed by atoms with E-state index in [-0.39, 0.29) is 5.54 Å². The van der Waals surface area contributed by atoms with Crippen LogP contribution >= 0.6 is 0 Å². The zero-order valence-electron chi connectivity index (χ0n) is 11.1. The molecule has 0 spiro atoms. The van der Waals surface area contributed by atoms with Crippen molar-refractivity contribution in [2.45, 2.75) is 12.5 Å². The van der Waals surface area contributed by atoms with Crippen LogP contribution in [-0.4, -0.2) is 44.8 Å². The molecule has 0 saturated heterocycles. The first kappa shape index (κ1) is 13.8. The lowest BCUT2D eigenvalue weighted by molar-refractivity contribution is 0.104. The van der Waals surface area contributed by atoms with Gasteiger partial charge < -0.3 is 15.2 Å². The molecule has 4 heteroatoms. The van der Waals surface area contributed by atoms with Crippen molar-refractivity contribution in [3.63, 3.8) is 0 Å². The highest BCUT2D eigenvalue weighted by Crippen LogP contribution is 2.20. The van der Waals surface area contributed by atoms with Crippen molar-refractivity contribution in [3.05, 3.63) is 24.3 Å². The summed E-state index contributed by atoms with van der Waals surface area (Å²) < 4.78 is 10.9. The second-order valence-electron chi connectivity index (χ2n) is 4.56. The lowest BCUT2D eigenvalue weighted by Gasteiger charge is -2.34. The van der Waals surface area contributed by atoms with Crippen LogP contribution in [0.5, 0.6) is 11.5 Å². The third-order valence-electron chi connectivity index (χ3n) is 3.11. The predicted octanol–water partition coefficient (Wildman–Crippen LogP) is 1.35. The molecule has 0 aliphatic rings. The number of ether oxygens (including phenoxy) is 2. The highest BCUT2D eigenvalue weighted by atomic mass is 16.5. The highest BCUT2D eigenvalue weighted by molar-refractivity contribution is 5.32. The van der Waals surface area contributed by atoms with Crippen LogP contribution in [0.4, 0.5) is 0 Å². The maximum Gasteiger partial charge on any atom is 0.123 e. The maximum absolute atomic E-state index is 5.78. The van der Waals surface area contributed by atoms with Crippen LogP contribution in [0, 0.1) is 0 Å². The van der Waals surface area contributed by atoms with Gasteiger partial charge in [0.25, 0.3) is 0 Å². The number of methoxy groups -OCH3 is 1. The normalized spacial score (nSPS) is 14.5. The van der Waals surface area contributed by atoms with E-state index in [1.807, 2.05) is 38.4 Å². The fraction of sp³-hybridized carbons (Fsp3) is 0.538. The van der Waals surface area contributed by atoms with Crippen LogP contribution in [0.3, 0.4) is 0 Å². The quantitative estimate of drug-likeness (QED) is 0.813. The van der Waals surface area contributed by atoms with Gasteiger partial charge in [0.05, 0.1) is 12.6 Å². The zero-order chi connectivity index (χ0) is 12.9. The summed E-state index contributed by atoms with van der Waals surface area (Å²) in [6.07, 6.45) is 0. The van der Waals surface area contributed by atoms with E-state index in [1.54, 1.807) is 7.11 Å². The van der Waals surface area contributed by atoms with E-state index in [1.165, 1.54) is 0 Å². The number of likely N-dealkylation sites (N-methyl/N-ethyl adjacent to an activating group) is 1. The van der Waals surface area contributed by atoms with E-state index in [0.717, 1.165) is 11.5 Å². The maximum atomic E-state index is 5.78. The van der Waals surface area contributed by atoms with Gasteiger partial charge in [0.15, 0.2) is 0 Å². The number of hydrogen-bond acceptors (Lipinski definition) is 4. The Morgan fingerprint density at radius 3 is 2.47 bits per heavy atom. The molecule has 17 heavy (non-hydrogen) atoms. The van der Waals surface area contributed by atoms with Crippen molar-refractivity contribution in [2.75, 3.05) is 34.4 Å². The fourth-order valence-corrected chi connectivity index (χ4v) is 1.30. The standard InChI is InChI=1S/C13H22N2O2/c1-13(9-14,15(2)3)10-17-12-7-5-6-11(8-12)16-4/h5-8H,9-10,14H2,1-4H3. The molecule has 1 aromatic carbocycles. The van der Waals surface area contributed by atoms with Crippen molar-refractivity contribution in [1.29, 1.82) is 0 Å². The monoisotopic (exact) mass is 238 g/mol. The molecule has 96 valence electrons. The van der Waals surface area contributed by atoms with Crippen molar-refractivity contribution in [3.8, 4) is 11.5 Å². The van der Waals surface area contributed by atoms with Gasteiger partial charge in [0, 0.05) is 12.6 Å². The van der Waals surface area contributed by atoms with Crippen LogP contribution in [0.15, 0.2) is 24.3 Å². The van der Waals surface area contributed by atoms with Gasteiger partial charge in [0.1, 0.15) is 18.1 Å². The molecule has 0 aliphatic heterocycles. The lowest BCUT2D eigenvalue weighted by atomic mass is 10.0. The molecular weight excluding hydrogens is 216 g/mol. The van der Waals surface area contributed by atoms with Gasteiger partial charge in [-0.25, -0.2) is 0 Å². The predicted molar refractivity (Wildman–Crippen MR) is 69.6 cm³/mol. The van der Waals surface area contributed by atoms with Crippen molar-refractivity contribution in [2.24, 2.45) is 5.73 Å². The summed E-state index contributed by atoms with van der Waals surface area (Å²) in [6, 6.07) is 7.58. The van der Waals surface area contributed by atoms with E-state index in [0.29, 0.717) is 13.2 Å². The molecule has 0 aliphatic carbocycles. The summed E-state index contributed by atoms with van der Waals surface area (Å²) in [7, 11) is 5.65. The second kappa shape index (κ2) is 5.89. The van der Waals surface area contributed by atoms with Gasteiger partial charge >= 0.3 is 0 Å². The minimum atomic E-state index is -0.164. The Hall–Kier alpha value is -1.26. The van der Waals surface area contributed by atoms with Gasteiger partial charge in [-0.15, -0.1) is 0 Å². The van der Waals surface area contributed by atoms with Gasteiger partial charge in [-0.1, -0.05) is 6.07 Å². The molecule has 0 bridgehead atoms. The number of benzene rings is 1. The van der Waals surface area contributed by atoms with Crippen LogP contribution in [-0.2, 0) is 0 Å². The first-order valence-electron chi connectivity index (χ1n) is 5.66. The summed E-state index contributed by atoms with van der Waals surface area (Å²) in [6.45, 7) is 3.17. The smallest absolute Gasteiger partial charge is 0.123 e. The largest absolute Gasteiger partial charge is 0.497 e. The van der Waals surface area contributed by atoms with Crippen molar-refractivity contribution in [1.82, 2.24) is 4.90 Å². The molecule has 0 heterocycles. The van der Waals surface area contributed by atoms with Crippen LogP contribution in [0.1, 0.15) is 6.92 Å². The molecule has 0 aromatic heterocycles. The summed E-state index contributed by atoms with van der Waals surface area (Å²) in [5, 5.41) is 0. The second-order valence-corrected chi connectivity index (χ2v) is 4.56. The Labute approximate surface area is 103 Å². The van der Waals surface area contributed by atoms with Crippen LogP contribution in [0.25, 0.3) is 0 Å². The SMILES string of the molecule is COc1cccc(OCC(C)(CN)N(C)C)c1. The van der Waals surface area contributed by atoms with Gasteiger partial charge in [0.2, 0.25) is 0 Å². The first-order valence-corrected chi connectivity index (χ1v) is 5.66. The first-order chi connectivity index (χ1) is 8.01. The summed E-state index contributed by atoms with van der Waals surface area (Å²) in [4.78, 5) is 2.08.